The van der Waals surface area contributed by atoms with Crippen molar-refractivity contribution in [3.63, 3.8) is 0 Å². The lowest BCUT2D eigenvalue weighted by Crippen LogP contribution is -1.89. The van der Waals surface area contributed by atoms with Crippen LogP contribution >= 0.6 is 0 Å². The average Bonchev–Trinajstić information content (AvgIpc) is 1.71. The van der Waals surface area contributed by atoms with E-state index in [1.807, 2.05) is 14.1 Å². The first kappa shape index (κ1) is 10.4. The minimum atomic E-state index is 0.431. The molecule has 0 heterocycles. The SMILES string of the molecule is CCOC=O.CNC. The van der Waals surface area contributed by atoms with Crippen LogP contribution in [0.15, 0.2) is 0 Å². The molecule has 0 aromatic heterocycles. The van der Waals surface area contributed by atoms with Gasteiger partial charge in [-0.25, -0.2) is 0 Å². The minimum Gasteiger partial charge on any atom is -0.468 e. The minimum absolute atomic E-state index is 0.431. The van der Waals surface area contributed by atoms with Gasteiger partial charge < -0.3 is 10.1 Å². The summed E-state index contributed by atoms with van der Waals surface area (Å²) < 4.78 is 4.15. The summed E-state index contributed by atoms with van der Waals surface area (Å²) in [5, 5.41) is 2.75. The van der Waals surface area contributed by atoms with Crippen molar-refractivity contribution >= 4 is 6.47 Å². The number of ether oxygens (including phenoxy) is 1. The molecule has 0 aliphatic carbocycles. The van der Waals surface area contributed by atoms with Gasteiger partial charge in [0.1, 0.15) is 0 Å². The summed E-state index contributed by atoms with van der Waals surface area (Å²) in [6, 6.07) is 0. The highest BCUT2D eigenvalue weighted by atomic mass is 16.5. The second-order valence-electron chi connectivity index (χ2n) is 1.05. The van der Waals surface area contributed by atoms with Crippen LogP contribution in [-0.2, 0) is 9.53 Å². The van der Waals surface area contributed by atoms with E-state index in [1.54, 1.807) is 6.92 Å². The fourth-order valence-corrected chi connectivity index (χ4v) is 0.0680. The van der Waals surface area contributed by atoms with Crippen LogP contribution in [0.4, 0.5) is 0 Å². The Labute approximate surface area is 50.0 Å². The fourth-order valence-electron chi connectivity index (χ4n) is 0.0680. The standard InChI is InChI=1S/C3H6O2.C2H7N/c1-2-5-3-4;1-3-2/h3H,2H2,1H3;3H,1-2H3. The van der Waals surface area contributed by atoms with Crippen molar-refractivity contribution in [2.45, 2.75) is 6.92 Å². The van der Waals surface area contributed by atoms with Crippen molar-refractivity contribution in [2.75, 3.05) is 20.7 Å². The summed E-state index contributed by atoms with van der Waals surface area (Å²) in [6.07, 6.45) is 0. The van der Waals surface area contributed by atoms with Gasteiger partial charge in [-0.1, -0.05) is 0 Å². The molecule has 0 atom stereocenters. The molecule has 0 aliphatic heterocycles. The van der Waals surface area contributed by atoms with Crippen molar-refractivity contribution in [3.8, 4) is 0 Å². The van der Waals surface area contributed by atoms with Crippen molar-refractivity contribution in [3.05, 3.63) is 0 Å². The molecule has 0 amide bonds. The Balaban J connectivity index is 0. The molecule has 0 unspecified atom stereocenters. The molecule has 0 rings (SSSR count). The van der Waals surface area contributed by atoms with Gasteiger partial charge in [0.15, 0.2) is 0 Å². The van der Waals surface area contributed by atoms with Crippen LogP contribution in [-0.4, -0.2) is 27.2 Å². The lowest BCUT2D eigenvalue weighted by molar-refractivity contribution is -0.128. The summed E-state index contributed by atoms with van der Waals surface area (Å²) in [7, 11) is 3.75. The number of carbonyl (C=O) groups excluding carboxylic acids is 1. The maximum atomic E-state index is 9.18. The Kier molecular flexibility index (Phi) is 21.0. The van der Waals surface area contributed by atoms with E-state index in [0.717, 1.165) is 0 Å². The van der Waals surface area contributed by atoms with Gasteiger partial charge in [0.25, 0.3) is 6.47 Å². The first-order valence-electron chi connectivity index (χ1n) is 2.47. The van der Waals surface area contributed by atoms with Gasteiger partial charge in [-0.3, -0.25) is 4.79 Å². The molecule has 3 heteroatoms. The second-order valence-corrected chi connectivity index (χ2v) is 1.05. The molecular weight excluding hydrogens is 106 g/mol. The largest absolute Gasteiger partial charge is 0.468 e. The summed E-state index contributed by atoms with van der Waals surface area (Å²) in [5.74, 6) is 0. The van der Waals surface area contributed by atoms with E-state index < -0.39 is 0 Å². The van der Waals surface area contributed by atoms with Crippen molar-refractivity contribution in [1.82, 2.24) is 5.32 Å². The smallest absolute Gasteiger partial charge is 0.293 e. The molecule has 0 saturated heterocycles. The predicted octanol–water partition coefficient (Wildman–Crippen LogP) is 0.0149. The van der Waals surface area contributed by atoms with E-state index in [2.05, 4.69) is 10.1 Å². The molecule has 50 valence electrons. The Bertz CT molecular complexity index is 39.4. The summed E-state index contributed by atoms with van der Waals surface area (Å²) in [4.78, 5) is 9.18. The van der Waals surface area contributed by atoms with Crippen LogP contribution in [0.25, 0.3) is 0 Å². The number of nitrogens with one attached hydrogen (secondary N) is 1. The molecule has 0 aromatic rings. The first-order valence-corrected chi connectivity index (χ1v) is 2.47. The van der Waals surface area contributed by atoms with Crippen LogP contribution in [0.3, 0.4) is 0 Å². The number of rotatable bonds is 2. The van der Waals surface area contributed by atoms with Crippen molar-refractivity contribution < 1.29 is 9.53 Å². The van der Waals surface area contributed by atoms with Gasteiger partial charge in [-0.2, -0.15) is 0 Å². The van der Waals surface area contributed by atoms with E-state index in [1.165, 1.54) is 0 Å². The normalized spacial score (nSPS) is 6.38. The van der Waals surface area contributed by atoms with Gasteiger partial charge in [0, 0.05) is 0 Å². The summed E-state index contributed by atoms with van der Waals surface area (Å²) in [5.41, 5.74) is 0. The lowest BCUT2D eigenvalue weighted by atomic mass is 10.9. The van der Waals surface area contributed by atoms with E-state index >= 15 is 0 Å². The monoisotopic (exact) mass is 119 g/mol. The molecule has 0 aliphatic rings. The number of carbonyl (C=O) groups is 1. The maximum Gasteiger partial charge on any atom is 0.293 e. The van der Waals surface area contributed by atoms with Gasteiger partial charge in [0.2, 0.25) is 0 Å². The maximum absolute atomic E-state index is 9.18. The Hall–Kier alpha value is -0.570. The molecule has 0 saturated carbocycles. The van der Waals surface area contributed by atoms with Crippen LogP contribution in [0.1, 0.15) is 6.92 Å². The highest BCUT2D eigenvalue weighted by Crippen LogP contribution is 1.55. The molecule has 0 radical (unpaired) electrons. The Morgan fingerprint density at radius 3 is 2.00 bits per heavy atom. The second kappa shape index (κ2) is 16.1. The third kappa shape index (κ3) is 52.1. The van der Waals surface area contributed by atoms with Crippen LogP contribution < -0.4 is 5.32 Å². The average molecular weight is 119 g/mol. The fraction of sp³-hybridized carbons (Fsp3) is 0.800. The third-order valence-electron chi connectivity index (χ3n) is 0.235. The van der Waals surface area contributed by atoms with Gasteiger partial charge >= 0.3 is 0 Å². The molecule has 3 nitrogen and oxygen atoms in total. The van der Waals surface area contributed by atoms with Gasteiger partial charge in [-0.15, -0.1) is 0 Å². The topological polar surface area (TPSA) is 38.3 Å². The lowest BCUT2D eigenvalue weighted by Gasteiger charge is -1.79. The zero-order valence-electron chi connectivity index (χ0n) is 5.60. The zero-order chi connectivity index (χ0) is 6.83. The third-order valence-corrected chi connectivity index (χ3v) is 0.235. The van der Waals surface area contributed by atoms with E-state index in [0.29, 0.717) is 13.1 Å². The Morgan fingerprint density at radius 2 is 2.00 bits per heavy atom. The molecule has 0 bridgehead atoms. The van der Waals surface area contributed by atoms with Gasteiger partial charge in [0.05, 0.1) is 6.61 Å². The first-order chi connectivity index (χ1) is 3.83. The van der Waals surface area contributed by atoms with Crippen LogP contribution in [0.2, 0.25) is 0 Å². The number of hydrogen-bond acceptors (Lipinski definition) is 3. The number of hydrogen-bond donors (Lipinski definition) is 1. The van der Waals surface area contributed by atoms with E-state index in [4.69, 9.17) is 0 Å². The highest BCUT2D eigenvalue weighted by Gasteiger charge is 1.60. The molecule has 8 heavy (non-hydrogen) atoms. The van der Waals surface area contributed by atoms with Crippen molar-refractivity contribution in [2.24, 2.45) is 0 Å². The van der Waals surface area contributed by atoms with Crippen molar-refractivity contribution in [1.29, 1.82) is 0 Å². The van der Waals surface area contributed by atoms with Gasteiger partial charge in [-0.05, 0) is 21.0 Å². The van der Waals surface area contributed by atoms with E-state index in [9.17, 15) is 4.79 Å². The van der Waals surface area contributed by atoms with Crippen LogP contribution in [0.5, 0.6) is 0 Å². The molecule has 1 N–H and O–H groups in total. The molecule has 0 spiro atoms. The summed E-state index contributed by atoms with van der Waals surface area (Å²) >= 11 is 0. The summed E-state index contributed by atoms with van der Waals surface area (Å²) in [6.45, 7) is 2.66. The highest BCUT2D eigenvalue weighted by molar-refractivity contribution is 5.36. The van der Waals surface area contributed by atoms with E-state index in [-0.39, 0.29) is 0 Å². The molecular formula is C5H13NO2. The molecule has 0 fully saturated rings. The predicted molar refractivity (Wildman–Crippen MR) is 32.7 cm³/mol. The zero-order valence-corrected chi connectivity index (χ0v) is 5.60. The molecule has 0 aromatic carbocycles. The quantitative estimate of drug-likeness (QED) is 0.520. The van der Waals surface area contributed by atoms with Crippen LogP contribution in [0, 0.1) is 0 Å². The Morgan fingerprint density at radius 1 is 1.62 bits per heavy atom.